The van der Waals surface area contributed by atoms with Crippen LogP contribution in [-0.4, -0.2) is 11.6 Å². The lowest BCUT2D eigenvalue weighted by molar-refractivity contribution is -0.187. The Morgan fingerprint density at radius 2 is 1.69 bits per heavy atom. The van der Waals surface area contributed by atoms with E-state index in [1.54, 1.807) is 0 Å². The number of carbonyl (C=O) groups excluding carboxylic acids is 1. The van der Waals surface area contributed by atoms with Crippen molar-refractivity contribution >= 4 is 5.97 Å². The highest BCUT2D eigenvalue weighted by Gasteiger charge is 2.58. The molecule has 16 heavy (non-hydrogen) atoms. The molecule has 2 heteroatoms. The molecule has 86 valence electrons. The van der Waals surface area contributed by atoms with Crippen LogP contribution >= 0.6 is 0 Å². The van der Waals surface area contributed by atoms with Crippen molar-refractivity contribution in [2.45, 2.75) is 44.6 Å². The van der Waals surface area contributed by atoms with E-state index in [-0.39, 0.29) is 5.97 Å². The summed E-state index contributed by atoms with van der Waals surface area (Å²) >= 11 is 0. The van der Waals surface area contributed by atoms with Crippen molar-refractivity contribution < 1.29 is 9.53 Å². The molecule has 0 radical (unpaired) electrons. The highest BCUT2D eigenvalue weighted by Crippen LogP contribution is 2.59. The minimum absolute atomic E-state index is 0.217. The molecule has 0 heterocycles. The zero-order valence-corrected chi connectivity index (χ0v) is 9.74. The Morgan fingerprint density at radius 1 is 1.19 bits per heavy atom. The van der Waals surface area contributed by atoms with Crippen LogP contribution in [0.4, 0.5) is 0 Å². The molecular weight excluding hydrogens is 200 g/mol. The van der Waals surface area contributed by atoms with Crippen LogP contribution in [0.25, 0.3) is 0 Å². The SMILES string of the molecule is C#CC1(OC(C)=O)C2CC3CC(C2)CC1C3. The van der Waals surface area contributed by atoms with Crippen molar-refractivity contribution in [3.8, 4) is 12.3 Å². The molecule has 0 aromatic rings. The van der Waals surface area contributed by atoms with Crippen molar-refractivity contribution in [3.05, 3.63) is 0 Å². The summed E-state index contributed by atoms with van der Waals surface area (Å²) in [6, 6.07) is 0. The zero-order valence-electron chi connectivity index (χ0n) is 9.74. The summed E-state index contributed by atoms with van der Waals surface area (Å²) in [6.07, 6.45) is 11.8. The van der Waals surface area contributed by atoms with Crippen LogP contribution in [-0.2, 0) is 9.53 Å². The molecule has 0 aromatic heterocycles. The molecule has 0 unspecified atom stereocenters. The monoisotopic (exact) mass is 218 g/mol. The normalized spacial score (nSPS) is 48.8. The highest BCUT2D eigenvalue weighted by molar-refractivity contribution is 5.67. The fourth-order valence-electron chi connectivity index (χ4n) is 4.55. The second-order valence-electron chi connectivity index (χ2n) is 5.84. The number of hydrogen-bond acceptors (Lipinski definition) is 2. The van der Waals surface area contributed by atoms with Crippen molar-refractivity contribution in [1.29, 1.82) is 0 Å². The average molecular weight is 218 g/mol. The topological polar surface area (TPSA) is 26.3 Å². The second-order valence-corrected chi connectivity index (χ2v) is 5.84. The molecule has 0 amide bonds. The summed E-state index contributed by atoms with van der Waals surface area (Å²) in [5.74, 6) is 5.18. The number of terminal acetylenes is 1. The predicted molar refractivity (Wildman–Crippen MR) is 60.4 cm³/mol. The van der Waals surface area contributed by atoms with Gasteiger partial charge in [0.1, 0.15) is 0 Å². The van der Waals surface area contributed by atoms with E-state index < -0.39 is 5.60 Å². The molecule has 4 fully saturated rings. The molecular formula is C14H18O2. The number of rotatable bonds is 1. The van der Waals surface area contributed by atoms with Gasteiger partial charge in [0.2, 0.25) is 0 Å². The molecule has 4 saturated carbocycles. The Morgan fingerprint density at radius 3 is 2.06 bits per heavy atom. The summed E-state index contributed by atoms with van der Waals surface area (Å²) in [4.78, 5) is 11.3. The molecule has 0 saturated heterocycles. The van der Waals surface area contributed by atoms with Crippen LogP contribution in [0.15, 0.2) is 0 Å². The Kier molecular flexibility index (Phi) is 2.08. The molecule has 0 aliphatic heterocycles. The summed E-state index contributed by atoms with van der Waals surface area (Å²) in [7, 11) is 0. The molecule has 0 aromatic carbocycles. The zero-order chi connectivity index (χ0) is 11.3. The van der Waals surface area contributed by atoms with E-state index in [1.165, 1.54) is 39.0 Å². The van der Waals surface area contributed by atoms with E-state index >= 15 is 0 Å². The first-order valence-corrected chi connectivity index (χ1v) is 6.31. The Bertz CT molecular complexity index is 335. The first kappa shape index (κ1) is 10.2. The quantitative estimate of drug-likeness (QED) is 0.499. The van der Waals surface area contributed by atoms with Crippen LogP contribution < -0.4 is 0 Å². The van der Waals surface area contributed by atoms with E-state index in [4.69, 9.17) is 11.2 Å². The number of esters is 1. The van der Waals surface area contributed by atoms with E-state index in [1.807, 2.05) is 0 Å². The van der Waals surface area contributed by atoms with Gasteiger partial charge in [0.15, 0.2) is 5.60 Å². The lowest BCUT2D eigenvalue weighted by Crippen LogP contribution is -2.58. The van der Waals surface area contributed by atoms with Gasteiger partial charge >= 0.3 is 5.97 Å². The summed E-state index contributed by atoms with van der Waals surface area (Å²) < 4.78 is 5.59. The number of ether oxygens (including phenoxy) is 1. The Balaban J connectivity index is 1.94. The first-order valence-electron chi connectivity index (χ1n) is 6.31. The van der Waals surface area contributed by atoms with E-state index in [0.717, 1.165) is 11.8 Å². The summed E-state index contributed by atoms with van der Waals surface area (Å²) in [5.41, 5.74) is -0.556. The second kappa shape index (κ2) is 3.26. The molecule has 0 atom stereocenters. The summed E-state index contributed by atoms with van der Waals surface area (Å²) in [5, 5.41) is 0. The highest BCUT2D eigenvalue weighted by atomic mass is 16.6. The third-order valence-electron chi connectivity index (χ3n) is 4.89. The molecule has 4 aliphatic rings. The van der Waals surface area contributed by atoms with Crippen molar-refractivity contribution in [3.63, 3.8) is 0 Å². The van der Waals surface area contributed by atoms with Crippen LogP contribution in [0.3, 0.4) is 0 Å². The molecule has 4 rings (SSSR count). The Labute approximate surface area is 96.7 Å². The number of carbonyl (C=O) groups is 1. The van der Waals surface area contributed by atoms with Gasteiger partial charge in [0, 0.05) is 18.8 Å². The smallest absolute Gasteiger partial charge is 0.304 e. The van der Waals surface area contributed by atoms with Crippen LogP contribution in [0.2, 0.25) is 0 Å². The van der Waals surface area contributed by atoms with E-state index in [9.17, 15) is 4.79 Å². The first-order chi connectivity index (χ1) is 7.64. The van der Waals surface area contributed by atoms with Gasteiger partial charge in [-0.05, 0) is 43.9 Å². The molecule has 4 bridgehead atoms. The minimum atomic E-state index is -0.556. The molecule has 0 N–H and O–H groups in total. The minimum Gasteiger partial charge on any atom is -0.445 e. The lowest BCUT2D eigenvalue weighted by Gasteiger charge is -2.58. The molecule has 4 aliphatic carbocycles. The summed E-state index contributed by atoms with van der Waals surface area (Å²) in [6.45, 7) is 1.48. The third kappa shape index (κ3) is 1.24. The fourth-order valence-corrected chi connectivity index (χ4v) is 4.55. The lowest BCUT2D eigenvalue weighted by atomic mass is 9.50. The maximum Gasteiger partial charge on any atom is 0.304 e. The standard InChI is InChI=1S/C14H18O2/c1-3-14(16-9(2)15)12-5-10-4-11(7-12)8-13(14)6-10/h1,10-13H,4-8H2,2H3. The Hall–Kier alpha value is -0.970. The maximum absolute atomic E-state index is 11.3. The third-order valence-corrected chi connectivity index (χ3v) is 4.89. The van der Waals surface area contributed by atoms with Gasteiger partial charge < -0.3 is 4.74 Å². The van der Waals surface area contributed by atoms with Crippen LogP contribution in [0.5, 0.6) is 0 Å². The van der Waals surface area contributed by atoms with Gasteiger partial charge in [-0.15, -0.1) is 6.42 Å². The van der Waals surface area contributed by atoms with Gasteiger partial charge in [0.05, 0.1) is 0 Å². The van der Waals surface area contributed by atoms with Gasteiger partial charge in [-0.2, -0.15) is 0 Å². The van der Waals surface area contributed by atoms with Crippen LogP contribution in [0.1, 0.15) is 39.0 Å². The predicted octanol–water partition coefficient (Wildman–Crippen LogP) is 2.38. The van der Waals surface area contributed by atoms with Crippen molar-refractivity contribution in [1.82, 2.24) is 0 Å². The number of hydrogen-bond donors (Lipinski definition) is 0. The van der Waals surface area contributed by atoms with Gasteiger partial charge in [0.25, 0.3) is 0 Å². The van der Waals surface area contributed by atoms with Crippen molar-refractivity contribution in [2.24, 2.45) is 23.7 Å². The van der Waals surface area contributed by atoms with Gasteiger partial charge in [-0.1, -0.05) is 5.92 Å². The molecule has 0 spiro atoms. The molecule has 2 nitrogen and oxygen atoms in total. The van der Waals surface area contributed by atoms with Gasteiger partial charge in [-0.3, -0.25) is 4.79 Å². The average Bonchev–Trinajstić information content (AvgIpc) is 2.22. The van der Waals surface area contributed by atoms with E-state index in [0.29, 0.717) is 11.8 Å². The fraction of sp³-hybridized carbons (Fsp3) is 0.786. The van der Waals surface area contributed by atoms with Crippen LogP contribution in [0, 0.1) is 36.0 Å². The van der Waals surface area contributed by atoms with E-state index in [2.05, 4.69) is 5.92 Å². The largest absolute Gasteiger partial charge is 0.445 e. The van der Waals surface area contributed by atoms with Gasteiger partial charge in [-0.25, -0.2) is 0 Å². The maximum atomic E-state index is 11.3. The van der Waals surface area contributed by atoms with Crippen molar-refractivity contribution in [2.75, 3.05) is 0 Å².